The van der Waals surface area contributed by atoms with Crippen molar-refractivity contribution in [3.8, 4) is 0 Å². The van der Waals surface area contributed by atoms with E-state index in [4.69, 9.17) is 0 Å². The molecule has 0 spiro atoms. The molecule has 2 aromatic heterocycles. The average Bonchev–Trinajstić information content (AvgIpc) is 2.96. The van der Waals surface area contributed by atoms with E-state index in [1.165, 1.54) is 6.42 Å². The third-order valence-electron chi connectivity index (χ3n) is 4.46. The minimum absolute atomic E-state index is 0.136. The standard InChI is InChI=1S/C16H23N5O2/c1-20-11-19-14-8-12(9-18-15(14)20)16(23)17-5-7-21-6-3-2-4-13(21)10-22/h8-9,11,13,22H,2-7,10H2,1H3,(H,17,23). The summed E-state index contributed by atoms with van der Waals surface area (Å²) in [6.45, 7) is 2.50. The maximum absolute atomic E-state index is 12.2. The lowest BCUT2D eigenvalue weighted by molar-refractivity contribution is 0.0849. The second kappa shape index (κ2) is 7.06. The topological polar surface area (TPSA) is 83.3 Å². The number of aliphatic hydroxyl groups excluding tert-OH is 1. The summed E-state index contributed by atoms with van der Waals surface area (Å²) in [4.78, 5) is 23.0. The minimum atomic E-state index is -0.136. The number of aryl methyl sites for hydroxylation is 1. The Bertz CT molecular complexity index is 684. The summed E-state index contributed by atoms with van der Waals surface area (Å²) < 4.78 is 1.82. The van der Waals surface area contributed by atoms with Gasteiger partial charge in [0.1, 0.15) is 5.52 Å². The summed E-state index contributed by atoms with van der Waals surface area (Å²) in [6, 6.07) is 1.99. The highest BCUT2D eigenvalue weighted by Gasteiger charge is 2.21. The summed E-state index contributed by atoms with van der Waals surface area (Å²) in [7, 11) is 1.87. The predicted octanol–water partition coefficient (Wildman–Crippen LogP) is 0.545. The first-order chi connectivity index (χ1) is 11.2. The Labute approximate surface area is 135 Å². The van der Waals surface area contributed by atoms with Crippen LogP contribution in [0.1, 0.15) is 29.6 Å². The average molecular weight is 317 g/mol. The van der Waals surface area contributed by atoms with Crippen LogP contribution in [0.4, 0.5) is 0 Å². The van der Waals surface area contributed by atoms with Crippen molar-refractivity contribution in [2.75, 3.05) is 26.2 Å². The van der Waals surface area contributed by atoms with Gasteiger partial charge in [-0.15, -0.1) is 0 Å². The number of carbonyl (C=O) groups excluding carboxylic acids is 1. The van der Waals surface area contributed by atoms with Gasteiger partial charge >= 0.3 is 0 Å². The number of amides is 1. The third kappa shape index (κ3) is 3.51. The van der Waals surface area contributed by atoms with Crippen LogP contribution in [0.2, 0.25) is 0 Å². The van der Waals surface area contributed by atoms with Gasteiger partial charge in [-0.2, -0.15) is 0 Å². The molecule has 1 aliphatic heterocycles. The van der Waals surface area contributed by atoms with Crippen LogP contribution >= 0.6 is 0 Å². The van der Waals surface area contributed by atoms with Gasteiger partial charge < -0.3 is 15.0 Å². The van der Waals surface area contributed by atoms with Gasteiger partial charge in [0.15, 0.2) is 5.65 Å². The zero-order chi connectivity index (χ0) is 16.2. The van der Waals surface area contributed by atoms with Gasteiger partial charge in [0, 0.05) is 32.4 Å². The van der Waals surface area contributed by atoms with Crippen LogP contribution in [0, 0.1) is 0 Å². The van der Waals surface area contributed by atoms with Crippen molar-refractivity contribution in [3.05, 3.63) is 24.2 Å². The summed E-state index contributed by atoms with van der Waals surface area (Å²) in [6.07, 6.45) is 6.63. The van der Waals surface area contributed by atoms with Crippen LogP contribution in [-0.4, -0.2) is 62.7 Å². The quantitative estimate of drug-likeness (QED) is 0.841. The minimum Gasteiger partial charge on any atom is -0.395 e. The van der Waals surface area contributed by atoms with Gasteiger partial charge in [0.2, 0.25) is 0 Å². The second-order valence-electron chi connectivity index (χ2n) is 6.05. The van der Waals surface area contributed by atoms with E-state index in [-0.39, 0.29) is 18.6 Å². The number of carbonyl (C=O) groups is 1. The van der Waals surface area contributed by atoms with Crippen molar-refractivity contribution in [1.29, 1.82) is 0 Å². The third-order valence-corrected chi connectivity index (χ3v) is 4.46. The largest absolute Gasteiger partial charge is 0.395 e. The molecule has 7 nitrogen and oxygen atoms in total. The smallest absolute Gasteiger partial charge is 0.252 e. The molecular weight excluding hydrogens is 294 g/mol. The van der Waals surface area contributed by atoms with E-state index in [2.05, 4.69) is 20.2 Å². The van der Waals surface area contributed by atoms with E-state index < -0.39 is 0 Å². The van der Waals surface area contributed by atoms with Crippen molar-refractivity contribution >= 4 is 17.1 Å². The number of nitrogens with one attached hydrogen (secondary N) is 1. The molecule has 1 amide bonds. The molecule has 23 heavy (non-hydrogen) atoms. The SMILES string of the molecule is Cn1cnc2cc(C(=O)NCCN3CCCCC3CO)cnc21. The zero-order valence-electron chi connectivity index (χ0n) is 13.4. The molecule has 7 heteroatoms. The molecule has 1 atom stereocenters. The summed E-state index contributed by atoms with van der Waals surface area (Å²) in [5.41, 5.74) is 2.01. The normalized spacial score (nSPS) is 19.1. The number of likely N-dealkylation sites (tertiary alicyclic amines) is 1. The molecule has 1 saturated heterocycles. The summed E-state index contributed by atoms with van der Waals surface area (Å²) in [5.74, 6) is -0.136. The highest BCUT2D eigenvalue weighted by atomic mass is 16.3. The van der Waals surface area contributed by atoms with Gasteiger partial charge in [0.25, 0.3) is 5.91 Å². The lowest BCUT2D eigenvalue weighted by Gasteiger charge is -2.34. The van der Waals surface area contributed by atoms with E-state index in [0.717, 1.165) is 37.1 Å². The van der Waals surface area contributed by atoms with E-state index in [9.17, 15) is 9.90 Å². The maximum atomic E-state index is 12.2. The van der Waals surface area contributed by atoms with Crippen LogP contribution in [0.5, 0.6) is 0 Å². The van der Waals surface area contributed by atoms with Gasteiger partial charge in [-0.1, -0.05) is 6.42 Å². The molecule has 3 rings (SSSR count). The maximum Gasteiger partial charge on any atom is 0.252 e. The Hall–Kier alpha value is -1.99. The number of piperidine rings is 1. The number of pyridine rings is 1. The molecule has 1 unspecified atom stereocenters. The molecule has 0 saturated carbocycles. The van der Waals surface area contributed by atoms with Crippen molar-refractivity contribution in [3.63, 3.8) is 0 Å². The van der Waals surface area contributed by atoms with Crippen LogP contribution in [-0.2, 0) is 7.05 Å². The first-order valence-electron chi connectivity index (χ1n) is 8.09. The van der Waals surface area contributed by atoms with Gasteiger partial charge in [0.05, 0.1) is 18.5 Å². The highest BCUT2D eigenvalue weighted by molar-refractivity contribution is 5.96. The summed E-state index contributed by atoms with van der Waals surface area (Å²) >= 11 is 0. The second-order valence-corrected chi connectivity index (χ2v) is 6.05. The number of rotatable bonds is 5. The molecular formula is C16H23N5O2. The van der Waals surface area contributed by atoms with Gasteiger partial charge in [-0.25, -0.2) is 9.97 Å². The Morgan fingerprint density at radius 2 is 2.30 bits per heavy atom. The fourth-order valence-corrected chi connectivity index (χ4v) is 3.12. The first kappa shape index (κ1) is 15.9. The Morgan fingerprint density at radius 3 is 3.13 bits per heavy atom. The number of imidazole rings is 1. The molecule has 0 bridgehead atoms. The molecule has 1 aliphatic rings. The van der Waals surface area contributed by atoms with E-state index >= 15 is 0 Å². The molecule has 0 radical (unpaired) electrons. The van der Waals surface area contributed by atoms with E-state index in [0.29, 0.717) is 12.1 Å². The fraction of sp³-hybridized carbons (Fsp3) is 0.562. The number of hydrogen-bond donors (Lipinski definition) is 2. The first-order valence-corrected chi connectivity index (χ1v) is 8.09. The number of fused-ring (bicyclic) bond motifs is 1. The molecule has 1 fully saturated rings. The summed E-state index contributed by atoms with van der Waals surface area (Å²) in [5, 5.41) is 12.3. The van der Waals surface area contributed by atoms with Crippen LogP contribution < -0.4 is 5.32 Å². The molecule has 124 valence electrons. The lowest BCUT2D eigenvalue weighted by Crippen LogP contribution is -2.45. The van der Waals surface area contributed by atoms with Gasteiger partial charge in [-0.05, 0) is 25.5 Å². The van der Waals surface area contributed by atoms with Crippen molar-refractivity contribution < 1.29 is 9.90 Å². The van der Waals surface area contributed by atoms with Gasteiger partial charge in [-0.3, -0.25) is 9.69 Å². The predicted molar refractivity (Wildman–Crippen MR) is 87.1 cm³/mol. The lowest BCUT2D eigenvalue weighted by atomic mass is 10.0. The molecule has 2 N–H and O–H groups in total. The Kier molecular flexibility index (Phi) is 4.88. The number of nitrogens with zero attached hydrogens (tertiary/aromatic N) is 4. The number of aromatic nitrogens is 3. The Morgan fingerprint density at radius 1 is 1.43 bits per heavy atom. The molecule has 0 aliphatic carbocycles. The number of hydrogen-bond acceptors (Lipinski definition) is 5. The monoisotopic (exact) mass is 317 g/mol. The van der Waals surface area contributed by atoms with Crippen molar-refractivity contribution in [2.45, 2.75) is 25.3 Å². The highest BCUT2D eigenvalue weighted by Crippen LogP contribution is 2.15. The Balaban J connectivity index is 1.55. The zero-order valence-corrected chi connectivity index (χ0v) is 13.4. The van der Waals surface area contributed by atoms with Crippen molar-refractivity contribution in [1.82, 2.24) is 24.8 Å². The number of aliphatic hydroxyl groups is 1. The molecule has 2 aromatic rings. The van der Waals surface area contributed by atoms with Crippen LogP contribution in [0.3, 0.4) is 0 Å². The molecule has 0 aromatic carbocycles. The van der Waals surface area contributed by atoms with Crippen LogP contribution in [0.15, 0.2) is 18.6 Å². The molecule has 3 heterocycles. The van der Waals surface area contributed by atoms with Crippen molar-refractivity contribution in [2.24, 2.45) is 7.05 Å². The fourth-order valence-electron chi connectivity index (χ4n) is 3.12. The van der Waals surface area contributed by atoms with Crippen LogP contribution in [0.25, 0.3) is 11.2 Å². The van der Waals surface area contributed by atoms with E-state index in [1.54, 1.807) is 18.6 Å². The van der Waals surface area contributed by atoms with E-state index in [1.807, 2.05) is 11.6 Å².